The first-order chi connectivity index (χ1) is 15.2. The summed E-state index contributed by atoms with van der Waals surface area (Å²) in [7, 11) is -3.73. The van der Waals surface area contributed by atoms with Crippen molar-refractivity contribution in [1.29, 1.82) is 0 Å². The molecule has 32 heavy (non-hydrogen) atoms. The van der Waals surface area contributed by atoms with Gasteiger partial charge < -0.3 is 10.1 Å². The predicted molar refractivity (Wildman–Crippen MR) is 129 cm³/mol. The molecule has 6 nitrogen and oxygen atoms in total. The summed E-state index contributed by atoms with van der Waals surface area (Å²) in [5.74, 6) is -0.320. The molecule has 174 valence electrons. The van der Waals surface area contributed by atoms with E-state index in [0.717, 1.165) is 30.2 Å². The van der Waals surface area contributed by atoms with Crippen molar-refractivity contribution in [2.45, 2.75) is 44.6 Å². The number of carbonyl (C=O) groups is 1. The Morgan fingerprint density at radius 3 is 2.44 bits per heavy atom. The molecule has 1 saturated heterocycles. The Morgan fingerprint density at radius 1 is 1.19 bits per heavy atom. The first-order valence-electron chi connectivity index (χ1n) is 10.8. The zero-order valence-electron chi connectivity index (χ0n) is 18.8. The van der Waals surface area contributed by atoms with Crippen LogP contribution >= 0.6 is 11.6 Å². The minimum Gasteiger partial charge on any atom is -0.381 e. The van der Waals surface area contributed by atoms with Crippen molar-refractivity contribution in [1.82, 2.24) is 5.32 Å². The number of carbonyl (C=O) groups excluding carboxylic acids is 1. The Morgan fingerprint density at radius 2 is 1.84 bits per heavy atom. The van der Waals surface area contributed by atoms with E-state index in [1.807, 2.05) is 25.1 Å². The van der Waals surface area contributed by atoms with Crippen LogP contribution < -0.4 is 9.62 Å². The van der Waals surface area contributed by atoms with Crippen LogP contribution in [0.1, 0.15) is 37.3 Å². The number of aryl methyl sites for hydroxylation is 1. The number of rotatable bonds is 8. The molecule has 1 aliphatic heterocycles. The van der Waals surface area contributed by atoms with Crippen LogP contribution in [0.5, 0.6) is 0 Å². The minimum atomic E-state index is -3.73. The van der Waals surface area contributed by atoms with Gasteiger partial charge in [0, 0.05) is 30.2 Å². The lowest BCUT2D eigenvalue weighted by Crippen LogP contribution is -2.53. The molecule has 3 rings (SSSR count). The van der Waals surface area contributed by atoms with Crippen molar-refractivity contribution in [2.24, 2.45) is 0 Å². The number of nitrogens with one attached hydrogen (secondary N) is 1. The zero-order valence-corrected chi connectivity index (χ0v) is 20.4. The van der Waals surface area contributed by atoms with Gasteiger partial charge in [0.05, 0.1) is 11.9 Å². The number of benzene rings is 2. The molecular weight excluding hydrogens is 448 g/mol. The Bertz CT molecular complexity index is 1040. The summed E-state index contributed by atoms with van der Waals surface area (Å²) in [6.45, 7) is 5.28. The Kier molecular flexibility index (Phi) is 7.85. The normalized spacial score (nSPS) is 16.9. The maximum Gasteiger partial charge on any atom is 0.243 e. The van der Waals surface area contributed by atoms with Crippen molar-refractivity contribution in [3.63, 3.8) is 0 Å². The van der Waals surface area contributed by atoms with Gasteiger partial charge in [0.1, 0.15) is 6.04 Å². The lowest BCUT2D eigenvalue weighted by molar-refractivity contribution is -0.122. The molecule has 0 bridgehead atoms. The summed E-state index contributed by atoms with van der Waals surface area (Å²) >= 11 is 6.15. The fourth-order valence-corrected chi connectivity index (χ4v) is 5.78. The maximum atomic E-state index is 13.4. The van der Waals surface area contributed by atoms with Crippen LogP contribution in [-0.4, -0.2) is 46.4 Å². The number of sulfonamides is 1. The van der Waals surface area contributed by atoms with Crippen LogP contribution in [0, 0.1) is 6.92 Å². The van der Waals surface area contributed by atoms with Gasteiger partial charge in [-0.3, -0.25) is 9.10 Å². The summed E-state index contributed by atoms with van der Waals surface area (Å²) in [5.41, 5.74) is 2.07. The molecule has 0 unspecified atom stereocenters. The quantitative estimate of drug-likeness (QED) is 0.620. The molecule has 0 radical (unpaired) electrons. The van der Waals surface area contributed by atoms with Crippen LogP contribution in [0.25, 0.3) is 0 Å². The second-order valence-corrected chi connectivity index (χ2v) is 10.7. The molecule has 2 aromatic carbocycles. The highest BCUT2D eigenvalue weighted by Crippen LogP contribution is 2.34. The second kappa shape index (κ2) is 10.2. The molecule has 1 aliphatic rings. The van der Waals surface area contributed by atoms with E-state index in [4.69, 9.17) is 16.3 Å². The molecule has 2 aromatic rings. The molecule has 8 heteroatoms. The highest BCUT2D eigenvalue weighted by Gasteiger charge is 2.37. The van der Waals surface area contributed by atoms with Gasteiger partial charge in [0.25, 0.3) is 0 Å². The number of ether oxygens (including phenoxy) is 1. The van der Waals surface area contributed by atoms with Crippen molar-refractivity contribution in [3.05, 3.63) is 64.7 Å². The predicted octanol–water partition coefficient (Wildman–Crippen LogP) is 4.06. The molecule has 1 atom stereocenters. The third-order valence-electron chi connectivity index (χ3n) is 6.18. The van der Waals surface area contributed by atoms with E-state index in [2.05, 4.69) is 17.4 Å². The number of hydrogen-bond acceptors (Lipinski definition) is 4. The van der Waals surface area contributed by atoms with Gasteiger partial charge in [-0.2, -0.15) is 0 Å². The van der Waals surface area contributed by atoms with Gasteiger partial charge in [-0.05, 0) is 49.4 Å². The van der Waals surface area contributed by atoms with E-state index in [9.17, 15) is 13.2 Å². The van der Waals surface area contributed by atoms with Crippen molar-refractivity contribution < 1.29 is 17.9 Å². The van der Waals surface area contributed by atoms with E-state index >= 15 is 0 Å². The number of nitrogens with zero attached hydrogens (tertiary/aromatic N) is 1. The van der Waals surface area contributed by atoms with Gasteiger partial charge in [-0.15, -0.1) is 0 Å². The number of halogens is 1. The molecule has 0 aromatic heterocycles. The summed E-state index contributed by atoms with van der Waals surface area (Å²) in [5, 5.41) is 3.48. The third-order valence-corrected chi connectivity index (χ3v) is 7.58. The van der Waals surface area contributed by atoms with Gasteiger partial charge >= 0.3 is 0 Å². The first-order valence-corrected chi connectivity index (χ1v) is 13.1. The van der Waals surface area contributed by atoms with E-state index in [1.54, 1.807) is 25.1 Å². The number of amides is 1. The van der Waals surface area contributed by atoms with E-state index in [-0.39, 0.29) is 11.3 Å². The number of anilines is 1. The Labute approximate surface area is 196 Å². The average molecular weight is 479 g/mol. The summed E-state index contributed by atoms with van der Waals surface area (Å²) in [6, 6.07) is 14.3. The van der Waals surface area contributed by atoms with E-state index < -0.39 is 16.1 Å². The van der Waals surface area contributed by atoms with Crippen LogP contribution in [0.4, 0.5) is 5.69 Å². The van der Waals surface area contributed by atoms with Crippen LogP contribution in [-0.2, 0) is 25.0 Å². The minimum absolute atomic E-state index is 0.241. The smallest absolute Gasteiger partial charge is 0.243 e. The Balaban J connectivity index is 1.89. The Hall–Kier alpha value is -2.09. The van der Waals surface area contributed by atoms with Gasteiger partial charge in [0.15, 0.2) is 0 Å². The topological polar surface area (TPSA) is 75.7 Å². The molecule has 1 heterocycles. The first kappa shape index (κ1) is 24.6. The van der Waals surface area contributed by atoms with Crippen molar-refractivity contribution in [3.8, 4) is 0 Å². The van der Waals surface area contributed by atoms with Crippen LogP contribution in [0.15, 0.2) is 48.5 Å². The molecule has 0 saturated carbocycles. The molecule has 1 amide bonds. The lowest BCUT2D eigenvalue weighted by atomic mass is 9.74. The molecule has 1 N–H and O–H groups in total. The standard InChI is InChI=1S/C24H31ClN2O4S/c1-4-21(27(32(3,29)30)22-16-20(25)11-10-18(22)2)23(28)26-17-24(12-14-31-15-13-24)19-8-6-5-7-9-19/h5-11,16,21H,4,12-15,17H2,1-3H3,(H,26,28)/t21-/m1/s1. The van der Waals surface area contributed by atoms with Crippen LogP contribution in [0.2, 0.25) is 5.02 Å². The zero-order chi connectivity index (χ0) is 23.4. The summed E-state index contributed by atoms with van der Waals surface area (Å²) in [6.07, 6.45) is 3.02. The van der Waals surface area contributed by atoms with Crippen LogP contribution in [0.3, 0.4) is 0 Å². The summed E-state index contributed by atoms with van der Waals surface area (Å²) in [4.78, 5) is 13.4. The fourth-order valence-electron chi connectivity index (χ4n) is 4.35. The SMILES string of the molecule is CC[C@H](C(=O)NCC1(c2ccccc2)CCOCC1)N(c1cc(Cl)ccc1C)S(C)(=O)=O. The summed E-state index contributed by atoms with van der Waals surface area (Å²) < 4.78 is 32.3. The molecule has 0 spiro atoms. The van der Waals surface area contributed by atoms with Gasteiger partial charge in [-0.1, -0.05) is 54.9 Å². The van der Waals surface area contributed by atoms with E-state index in [0.29, 0.717) is 36.9 Å². The van der Waals surface area contributed by atoms with Gasteiger partial charge in [0.2, 0.25) is 15.9 Å². The lowest BCUT2D eigenvalue weighted by Gasteiger charge is -2.39. The highest BCUT2D eigenvalue weighted by molar-refractivity contribution is 7.92. The molecule has 0 aliphatic carbocycles. The highest BCUT2D eigenvalue weighted by atomic mass is 35.5. The second-order valence-electron chi connectivity index (χ2n) is 8.39. The maximum absolute atomic E-state index is 13.4. The third kappa shape index (κ3) is 5.45. The largest absolute Gasteiger partial charge is 0.381 e. The number of hydrogen-bond donors (Lipinski definition) is 1. The van der Waals surface area contributed by atoms with Gasteiger partial charge in [-0.25, -0.2) is 8.42 Å². The van der Waals surface area contributed by atoms with Crippen molar-refractivity contribution >= 4 is 33.2 Å². The van der Waals surface area contributed by atoms with Crippen molar-refractivity contribution in [2.75, 3.05) is 30.3 Å². The monoisotopic (exact) mass is 478 g/mol. The van der Waals surface area contributed by atoms with E-state index in [1.165, 1.54) is 4.31 Å². The molecule has 1 fully saturated rings. The average Bonchev–Trinajstić information content (AvgIpc) is 2.78. The fraction of sp³-hybridized carbons (Fsp3) is 0.458. The molecular formula is C24H31ClN2O4S.